The third-order valence-electron chi connectivity index (χ3n) is 14.9. The molecule has 0 spiro atoms. The van der Waals surface area contributed by atoms with Gasteiger partial charge < -0.3 is 18.9 Å². The number of aryl methyl sites for hydroxylation is 1. The van der Waals surface area contributed by atoms with Gasteiger partial charge in [-0.15, -0.1) is 0 Å². The maximum atomic E-state index is 6.70. The molecule has 0 saturated carbocycles. The van der Waals surface area contributed by atoms with Crippen LogP contribution in [0.4, 0.5) is 0 Å². The van der Waals surface area contributed by atoms with E-state index in [2.05, 4.69) is 178 Å². The second-order valence-corrected chi connectivity index (χ2v) is 22.6. The fraction of sp³-hybridized carbons (Fsp3) is 0.543. The Balaban J connectivity index is 1.50. The maximum Gasteiger partial charge on any atom is 0.127 e. The van der Waals surface area contributed by atoms with Gasteiger partial charge in [-0.05, 0) is 144 Å². The van der Waals surface area contributed by atoms with Gasteiger partial charge in [-0.2, -0.15) is 0 Å². The molecule has 0 aliphatic rings. The highest BCUT2D eigenvalue weighted by Crippen LogP contribution is 2.41. The fourth-order valence-corrected chi connectivity index (χ4v) is 10.2. The molecule has 0 aromatic heterocycles. The summed E-state index contributed by atoms with van der Waals surface area (Å²) in [7, 11) is 0. The number of rotatable bonds is 37. The third-order valence-corrected chi connectivity index (χ3v) is 14.9. The zero-order valence-corrected chi connectivity index (χ0v) is 48.3. The first-order valence-corrected chi connectivity index (χ1v) is 29.8. The van der Waals surface area contributed by atoms with E-state index in [1.54, 1.807) is 0 Å². The molecule has 0 heterocycles. The Morgan fingerprint density at radius 1 is 0.392 bits per heavy atom. The predicted molar refractivity (Wildman–Crippen MR) is 323 cm³/mol. The molecule has 2 unspecified atom stereocenters. The number of ether oxygens (including phenoxy) is 4. The molecule has 0 N–H and O–H groups in total. The van der Waals surface area contributed by atoms with E-state index in [4.69, 9.17) is 18.9 Å². The Morgan fingerprint density at radius 3 is 1.31 bits per heavy atom. The Hall–Kier alpha value is -4.96. The smallest absolute Gasteiger partial charge is 0.127 e. The van der Waals surface area contributed by atoms with Gasteiger partial charge >= 0.3 is 0 Å². The number of hydrogen-bond acceptors (Lipinski definition) is 4. The van der Waals surface area contributed by atoms with Crippen molar-refractivity contribution in [1.82, 2.24) is 0 Å². The molecule has 4 nitrogen and oxygen atoms in total. The second kappa shape index (κ2) is 33.9. The summed E-state index contributed by atoms with van der Waals surface area (Å²) in [6.45, 7) is 25.7. The van der Waals surface area contributed by atoms with Gasteiger partial charge in [0.1, 0.15) is 23.0 Å². The predicted octanol–water partition coefficient (Wildman–Crippen LogP) is 21.6. The summed E-state index contributed by atoms with van der Waals surface area (Å²) in [5.41, 5.74) is 9.30. The van der Waals surface area contributed by atoms with E-state index >= 15 is 0 Å². The van der Waals surface area contributed by atoms with Crippen LogP contribution < -0.4 is 18.9 Å². The molecule has 5 aromatic carbocycles. The summed E-state index contributed by atoms with van der Waals surface area (Å²) in [6, 6.07) is 31.3. The van der Waals surface area contributed by atoms with E-state index in [1.807, 2.05) is 0 Å². The van der Waals surface area contributed by atoms with Crippen molar-refractivity contribution in [1.29, 1.82) is 0 Å². The van der Waals surface area contributed by atoms with Gasteiger partial charge in [0.05, 0.1) is 26.4 Å². The highest BCUT2D eigenvalue weighted by atomic mass is 16.5. The highest BCUT2D eigenvalue weighted by molar-refractivity contribution is 6.08. The first kappa shape index (κ1) is 59.9. The van der Waals surface area contributed by atoms with Crippen LogP contribution in [0.3, 0.4) is 0 Å². The van der Waals surface area contributed by atoms with Crippen LogP contribution in [0.2, 0.25) is 0 Å². The lowest BCUT2D eigenvalue weighted by Gasteiger charge is -2.18. The van der Waals surface area contributed by atoms with Crippen molar-refractivity contribution in [2.24, 2.45) is 23.7 Å². The molecule has 0 radical (unpaired) electrons. The molecule has 404 valence electrons. The Bertz CT molecular complexity index is 2390. The van der Waals surface area contributed by atoms with Gasteiger partial charge in [0, 0.05) is 11.1 Å². The van der Waals surface area contributed by atoms with E-state index in [0.29, 0.717) is 25.0 Å². The molecule has 4 heteroatoms. The van der Waals surface area contributed by atoms with Gasteiger partial charge in [0.25, 0.3) is 0 Å². The van der Waals surface area contributed by atoms with Crippen molar-refractivity contribution in [3.8, 4) is 45.3 Å². The largest absolute Gasteiger partial charge is 0.494 e. The topological polar surface area (TPSA) is 36.9 Å². The normalized spacial score (nSPS) is 12.7. The molecular formula is C70H100O4. The quantitative estimate of drug-likeness (QED) is 0.0293. The van der Waals surface area contributed by atoms with Crippen molar-refractivity contribution < 1.29 is 18.9 Å². The average molecular weight is 1010 g/mol. The van der Waals surface area contributed by atoms with E-state index < -0.39 is 0 Å². The molecule has 5 aromatic rings. The summed E-state index contributed by atoms with van der Waals surface area (Å²) >= 11 is 0. The molecule has 0 aliphatic carbocycles. The third kappa shape index (κ3) is 20.6. The van der Waals surface area contributed by atoms with Crippen LogP contribution >= 0.6 is 0 Å². The molecule has 5 rings (SSSR count). The second-order valence-electron chi connectivity index (χ2n) is 22.6. The molecule has 74 heavy (non-hydrogen) atoms. The van der Waals surface area contributed by atoms with Gasteiger partial charge in [0.2, 0.25) is 0 Å². The van der Waals surface area contributed by atoms with Crippen molar-refractivity contribution >= 4 is 29.0 Å². The summed E-state index contributed by atoms with van der Waals surface area (Å²) in [5.74, 6) is 6.51. The van der Waals surface area contributed by atoms with Crippen LogP contribution in [0.25, 0.3) is 51.3 Å². The number of hydrogen-bond donors (Lipinski definition) is 0. The van der Waals surface area contributed by atoms with Crippen molar-refractivity contribution in [3.05, 3.63) is 113 Å². The summed E-state index contributed by atoms with van der Waals surface area (Å²) in [5, 5.41) is 2.45. The van der Waals surface area contributed by atoms with Gasteiger partial charge in [-0.1, -0.05) is 231 Å². The van der Waals surface area contributed by atoms with Crippen molar-refractivity contribution in [2.75, 3.05) is 26.4 Å². The molecular weight excluding hydrogens is 905 g/mol. The Labute approximate surface area is 452 Å². The molecule has 0 saturated heterocycles. The summed E-state index contributed by atoms with van der Waals surface area (Å²) in [6.07, 6.45) is 33.4. The lowest BCUT2D eigenvalue weighted by Crippen LogP contribution is -2.05. The first-order valence-electron chi connectivity index (χ1n) is 29.8. The number of benzene rings is 5. The van der Waals surface area contributed by atoms with Crippen molar-refractivity contribution in [3.63, 3.8) is 0 Å². The minimum Gasteiger partial charge on any atom is -0.494 e. The summed E-state index contributed by atoms with van der Waals surface area (Å²) in [4.78, 5) is 0. The minimum absolute atomic E-state index is 0.654. The fourth-order valence-electron chi connectivity index (χ4n) is 10.2. The van der Waals surface area contributed by atoms with E-state index in [1.165, 1.54) is 136 Å². The van der Waals surface area contributed by atoms with Crippen molar-refractivity contribution in [2.45, 2.75) is 198 Å². The van der Waals surface area contributed by atoms with E-state index in [0.717, 1.165) is 96.0 Å². The van der Waals surface area contributed by atoms with Gasteiger partial charge in [0.15, 0.2) is 0 Å². The average Bonchev–Trinajstić information content (AvgIpc) is 3.38. The zero-order valence-electron chi connectivity index (χ0n) is 48.3. The monoisotopic (exact) mass is 1000 g/mol. The first-order chi connectivity index (χ1) is 36.0. The molecule has 2 atom stereocenters. The minimum atomic E-state index is 0.654. The molecule has 0 amide bonds. The highest BCUT2D eigenvalue weighted by Gasteiger charge is 2.17. The molecule has 0 fully saturated rings. The molecule has 0 aliphatic heterocycles. The van der Waals surface area contributed by atoms with Crippen LogP contribution in [0.1, 0.15) is 213 Å². The number of unbranched alkanes of at least 4 members (excludes halogenated alkanes) is 10. The lowest BCUT2D eigenvalue weighted by atomic mass is 9.87. The lowest BCUT2D eigenvalue weighted by molar-refractivity contribution is 0.275. The van der Waals surface area contributed by atoms with Crippen LogP contribution in [-0.2, 0) is 0 Å². The number of fused-ring (bicyclic) bond motifs is 1. The Morgan fingerprint density at radius 2 is 0.824 bits per heavy atom. The van der Waals surface area contributed by atoms with Gasteiger partial charge in [-0.3, -0.25) is 0 Å². The van der Waals surface area contributed by atoms with Crippen LogP contribution in [0.5, 0.6) is 23.0 Å². The Kier molecular flexibility index (Phi) is 27.4. The molecule has 0 bridgehead atoms. The van der Waals surface area contributed by atoms with Crippen LogP contribution in [0, 0.1) is 30.6 Å². The zero-order chi connectivity index (χ0) is 52.9. The van der Waals surface area contributed by atoms with Gasteiger partial charge in [-0.25, -0.2) is 0 Å². The SMILES string of the molecule is C/C=C/c1cc(OCCCCCCCC)c(/C=C/c2ccc3c(-c4ccc(OCCC(C)CCCC(C)C)cc4)c(C)ccc3c2-c2ccc(OCCC(C)CCCC(C)C)cc2)cc1OCCCCCCCC. The summed E-state index contributed by atoms with van der Waals surface area (Å²) < 4.78 is 26.0. The van der Waals surface area contributed by atoms with Crippen LogP contribution in [0.15, 0.2) is 91.0 Å². The number of allylic oxidation sites excluding steroid dienone is 1. The maximum absolute atomic E-state index is 6.70. The van der Waals surface area contributed by atoms with Crippen LogP contribution in [-0.4, -0.2) is 26.4 Å². The standard InChI is InChI=1S/C70H100O4/c1-11-14-16-18-20-22-47-73-67-52-62(68(51-61(67)26-13-3)74-48-23-21-19-17-15-12-2)33-32-59-38-44-65-66(70(59)60-36-41-64(42-37-60)72-50-46-56(9)30-25-28-54(6)7)43-31-57(10)69(65)58-34-39-63(40-35-58)71-49-45-55(8)29-24-27-53(4)5/h13,26,31-44,51-56H,11-12,14-25,27-30,45-50H2,1-10H3/b26-13+,33-32+. The van der Waals surface area contributed by atoms with E-state index in [9.17, 15) is 0 Å². The van der Waals surface area contributed by atoms with E-state index in [-0.39, 0.29) is 0 Å².